The van der Waals surface area contributed by atoms with Gasteiger partial charge in [-0.3, -0.25) is 0 Å². The van der Waals surface area contributed by atoms with Gasteiger partial charge in [-0.2, -0.15) is 13.2 Å². The molecular weight excluding hydrogens is 358 g/mol. The normalized spacial score (nSPS) is 13.9. The molecule has 3 nitrogen and oxygen atoms in total. The number of benzene rings is 2. The first kappa shape index (κ1) is 19.4. The number of halogens is 4. The van der Waals surface area contributed by atoms with Crippen LogP contribution in [0.3, 0.4) is 0 Å². The van der Waals surface area contributed by atoms with E-state index in [1.165, 1.54) is 24.3 Å². The fourth-order valence-corrected chi connectivity index (χ4v) is 3.75. The molecule has 1 unspecified atom stereocenters. The monoisotopic (exact) mass is 375 g/mol. The molecule has 0 aliphatic heterocycles. The summed E-state index contributed by atoms with van der Waals surface area (Å²) in [6.07, 6.45) is -4.64. The van der Waals surface area contributed by atoms with E-state index >= 15 is 0 Å². The molecule has 0 fully saturated rings. The van der Waals surface area contributed by atoms with E-state index in [4.69, 9.17) is 0 Å². The molecule has 0 bridgehead atoms. The number of hydrogen-bond acceptors (Lipinski definition) is 2. The third kappa shape index (κ3) is 4.79. The van der Waals surface area contributed by atoms with Gasteiger partial charge in [-0.15, -0.1) is 0 Å². The molecule has 136 valence electrons. The Morgan fingerprint density at radius 3 is 2.12 bits per heavy atom. The van der Waals surface area contributed by atoms with Crippen molar-refractivity contribution in [1.82, 2.24) is 4.72 Å². The highest BCUT2D eigenvalue weighted by Gasteiger charge is 2.32. The summed E-state index contributed by atoms with van der Waals surface area (Å²) in [5.74, 6) is -0.668. The molecule has 0 saturated heterocycles. The second kappa shape index (κ2) is 7.13. The Labute approximate surface area is 143 Å². The highest BCUT2D eigenvalue weighted by molar-refractivity contribution is 7.89. The number of hydrogen-bond donors (Lipinski definition) is 1. The summed E-state index contributed by atoms with van der Waals surface area (Å²) in [4.78, 5) is -0.477. The molecule has 0 radical (unpaired) electrons. The summed E-state index contributed by atoms with van der Waals surface area (Å²) in [5.41, 5.74) is -0.523. The molecule has 8 heteroatoms. The zero-order valence-corrected chi connectivity index (χ0v) is 14.3. The molecule has 1 N–H and O–H groups in total. The third-order valence-corrected chi connectivity index (χ3v) is 5.09. The molecule has 2 rings (SSSR count). The van der Waals surface area contributed by atoms with Crippen molar-refractivity contribution < 1.29 is 26.0 Å². The van der Waals surface area contributed by atoms with Crippen molar-refractivity contribution in [2.24, 2.45) is 5.92 Å². The predicted molar refractivity (Wildman–Crippen MR) is 85.7 cm³/mol. The minimum Gasteiger partial charge on any atom is -0.207 e. The van der Waals surface area contributed by atoms with Crippen LogP contribution in [0.4, 0.5) is 17.6 Å². The highest BCUT2D eigenvalue weighted by Crippen LogP contribution is 2.31. The molecule has 0 saturated carbocycles. The van der Waals surface area contributed by atoms with Crippen LogP contribution in [0.1, 0.15) is 31.0 Å². The Morgan fingerprint density at radius 1 is 1.00 bits per heavy atom. The van der Waals surface area contributed by atoms with Crippen LogP contribution in [0.15, 0.2) is 53.4 Å². The average Bonchev–Trinajstić information content (AvgIpc) is 2.53. The number of nitrogens with one attached hydrogen (secondary N) is 1. The molecule has 25 heavy (non-hydrogen) atoms. The maximum Gasteiger partial charge on any atom is 0.416 e. The molecule has 2 aromatic rings. The second-order valence-electron chi connectivity index (χ2n) is 5.92. The summed E-state index contributed by atoms with van der Waals surface area (Å²) >= 11 is 0. The average molecular weight is 375 g/mol. The largest absolute Gasteiger partial charge is 0.416 e. The molecule has 0 heterocycles. The van der Waals surface area contributed by atoms with E-state index < -0.39 is 38.5 Å². The van der Waals surface area contributed by atoms with Crippen molar-refractivity contribution in [3.63, 3.8) is 0 Å². The van der Waals surface area contributed by atoms with Crippen molar-refractivity contribution in [3.8, 4) is 0 Å². The van der Waals surface area contributed by atoms with E-state index in [1.54, 1.807) is 13.8 Å². The fourth-order valence-electron chi connectivity index (χ4n) is 2.33. The van der Waals surface area contributed by atoms with E-state index in [9.17, 15) is 26.0 Å². The van der Waals surface area contributed by atoms with E-state index in [1.807, 2.05) is 0 Å². The molecule has 0 aromatic heterocycles. The molecule has 0 aliphatic carbocycles. The lowest BCUT2D eigenvalue weighted by molar-refractivity contribution is -0.137. The summed E-state index contributed by atoms with van der Waals surface area (Å²) in [5, 5.41) is 0. The van der Waals surface area contributed by atoms with Gasteiger partial charge in [-0.1, -0.05) is 32.0 Å². The van der Waals surface area contributed by atoms with E-state index in [0.717, 1.165) is 18.2 Å². The molecular formula is C17H17F4NO2S. The van der Waals surface area contributed by atoms with Gasteiger partial charge >= 0.3 is 6.18 Å². The predicted octanol–water partition coefficient (Wildman–Crippen LogP) is 4.52. The van der Waals surface area contributed by atoms with Crippen LogP contribution in [0.25, 0.3) is 0 Å². The van der Waals surface area contributed by atoms with E-state index in [-0.39, 0.29) is 5.92 Å². The van der Waals surface area contributed by atoms with Gasteiger partial charge in [-0.25, -0.2) is 17.5 Å². The van der Waals surface area contributed by atoms with Crippen molar-refractivity contribution in [3.05, 3.63) is 65.5 Å². The van der Waals surface area contributed by atoms with Gasteiger partial charge in [0.25, 0.3) is 0 Å². The second-order valence-corrected chi connectivity index (χ2v) is 7.63. The Kier molecular flexibility index (Phi) is 5.53. The molecule has 1 atom stereocenters. The zero-order chi connectivity index (χ0) is 18.8. The molecule has 0 amide bonds. The van der Waals surface area contributed by atoms with Crippen LogP contribution in [0.2, 0.25) is 0 Å². The SMILES string of the molecule is CC(C)C(NS(=O)(=O)c1cccc(C(F)(F)F)c1)c1ccc(F)cc1. The molecule has 0 spiro atoms. The van der Waals surface area contributed by atoms with Crippen LogP contribution >= 0.6 is 0 Å². The number of alkyl halides is 3. The van der Waals surface area contributed by atoms with Crippen LogP contribution in [-0.4, -0.2) is 8.42 Å². The van der Waals surface area contributed by atoms with Gasteiger partial charge < -0.3 is 0 Å². The Balaban J connectivity index is 2.37. The maximum absolute atomic E-state index is 13.1. The van der Waals surface area contributed by atoms with E-state index in [2.05, 4.69) is 4.72 Å². The molecule has 0 aliphatic rings. The summed E-state index contributed by atoms with van der Waals surface area (Å²) in [7, 11) is -4.19. The quantitative estimate of drug-likeness (QED) is 0.781. The Bertz CT molecular complexity index is 830. The maximum atomic E-state index is 13.1. The van der Waals surface area contributed by atoms with Gasteiger partial charge in [0.2, 0.25) is 10.0 Å². The third-order valence-electron chi connectivity index (χ3n) is 3.65. The topological polar surface area (TPSA) is 46.2 Å². The lowest BCUT2D eigenvalue weighted by Gasteiger charge is -2.23. The fraction of sp³-hybridized carbons (Fsp3) is 0.294. The standard InChI is InChI=1S/C17H17F4NO2S/c1-11(2)16(12-6-8-14(18)9-7-12)22-25(23,24)15-5-3-4-13(10-15)17(19,20)21/h3-11,16,22H,1-2H3. The van der Waals surface area contributed by atoms with Crippen molar-refractivity contribution in [1.29, 1.82) is 0 Å². The Morgan fingerprint density at radius 2 is 1.60 bits per heavy atom. The summed E-state index contributed by atoms with van der Waals surface area (Å²) in [6, 6.07) is 8.10. The molecule has 2 aromatic carbocycles. The first-order valence-electron chi connectivity index (χ1n) is 7.46. The van der Waals surface area contributed by atoms with E-state index in [0.29, 0.717) is 11.6 Å². The van der Waals surface area contributed by atoms with Crippen molar-refractivity contribution in [2.75, 3.05) is 0 Å². The highest BCUT2D eigenvalue weighted by atomic mass is 32.2. The number of sulfonamides is 1. The van der Waals surface area contributed by atoms with Crippen LogP contribution in [0, 0.1) is 11.7 Å². The lowest BCUT2D eigenvalue weighted by atomic mass is 9.97. The van der Waals surface area contributed by atoms with Gasteiger partial charge in [-0.05, 0) is 41.8 Å². The summed E-state index contributed by atoms with van der Waals surface area (Å²) < 4.78 is 78.9. The van der Waals surface area contributed by atoms with Crippen LogP contribution < -0.4 is 4.72 Å². The van der Waals surface area contributed by atoms with Crippen LogP contribution in [0.5, 0.6) is 0 Å². The van der Waals surface area contributed by atoms with Crippen LogP contribution in [-0.2, 0) is 16.2 Å². The van der Waals surface area contributed by atoms with Gasteiger partial charge in [0.15, 0.2) is 0 Å². The zero-order valence-electron chi connectivity index (χ0n) is 13.5. The minimum atomic E-state index is -4.64. The lowest BCUT2D eigenvalue weighted by Crippen LogP contribution is -2.32. The van der Waals surface area contributed by atoms with Gasteiger partial charge in [0, 0.05) is 6.04 Å². The van der Waals surface area contributed by atoms with Gasteiger partial charge in [0.05, 0.1) is 10.5 Å². The van der Waals surface area contributed by atoms with Crippen molar-refractivity contribution in [2.45, 2.75) is 31.0 Å². The van der Waals surface area contributed by atoms with Crippen molar-refractivity contribution >= 4 is 10.0 Å². The number of rotatable bonds is 5. The first-order valence-corrected chi connectivity index (χ1v) is 8.94. The minimum absolute atomic E-state index is 0.203. The first-order chi connectivity index (χ1) is 11.5. The summed E-state index contributed by atoms with van der Waals surface area (Å²) in [6.45, 7) is 3.51. The van der Waals surface area contributed by atoms with Gasteiger partial charge in [0.1, 0.15) is 5.82 Å². The Hall–Kier alpha value is -1.93. The smallest absolute Gasteiger partial charge is 0.207 e.